The fourth-order valence-corrected chi connectivity index (χ4v) is 0.922. The van der Waals surface area contributed by atoms with E-state index in [9.17, 15) is 4.79 Å². The molecule has 0 aromatic heterocycles. The van der Waals surface area contributed by atoms with E-state index in [4.69, 9.17) is 5.11 Å². The van der Waals surface area contributed by atoms with Crippen LogP contribution in [0.2, 0.25) is 0 Å². The highest BCUT2D eigenvalue weighted by molar-refractivity contribution is 5.69. The van der Waals surface area contributed by atoms with E-state index in [0.29, 0.717) is 0 Å². The van der Waals surface area contributed by atoms with Crippen molar-refractivity contribution in [3.8, 4) is 0 Å². The molecule has 0 bridgehead atoms. The third-order valence-corrected chi connectivity index (χ3v) is 2.13. The monoisotopic (exact) mass is 217 g/mol. The molecule has 1 N–H and O–H groups in total. The normalized spacial score (nSPS) is 9.67. The Labute approximate surface area is 94.5 Å². The van der Waals surface area contributed by atoms with Crippen LogP contribution in [-0.2, 0) is 4.79 Å². The van der Waals surface area contributed by atoms with Crippen LogP contribution < -0.4 is 0 Å². The van der Waals surface area contributed by atoms with Gasteiger partial charge < -0.3 is 5.11 Å². The number of rotatable bonds is 7. The second-order valence-electron chi connectivity index (χ2n) is 3.62. The molecule has 0 aromatic rings. The maximum atomic E-state index is 10.3. The smallest absolute Gasteiger partial charge is 0.317 e. The highest BCUT2D eigenvalue weighted by atomic mass is 16.4. The van der Waals surface area contributed by atoms with Crippen LogP contribution >= 0.6 is 0 Å². The summed E-state index contributed by atoms with van der Waals surface area (Å²) in [6, 6.07) is 0. The highest BCUT2D eigenvalue weighted by Crippen LogP contribution is 1.93. The summed E-state index contributed by atoms with van der Waals surface area (Å²) in [4.78, 5) is 12.2. The predicted octanol–water partition coefficient (Wildman–Crippen LogP) is 3.00. The van der Waals surface area contributed by atoms with Crippen LogP contribution in [0.15, 0.2) is 0 Å². The van der Waals surface area contributed by atoms with Crippen LogP contribution in [-0.4, -0.2) is 35.6 Å². The SMILES string of the molecule is CCCC.CCCCN(CC)CC(=O)O. The summed E-state index contributed by atoms with van der Waals surface area (Å²) in [5, 5.41) is 8.47. The fourth-order valence-electron chi connectivity index (χ4n) is 0.922. The van der Waals surface area contributed by atoms with E-state index in [1.54, 1.807) is 0 Å². The van der Waals surface area contributed by atoms with Crippen molar-refractivity contribution < 1.29 is 9.90 Å². The summed E-state index contributed by atoms with van der Waals surface area (Å²) in [5.74, 6) is -0.733. The van der Waals surface area contributed by atoms with Gasteiger partial charge in [0.2, 0.25) is 0 Å². The van der Waals surface area contributed by atoms with E-state index < -0.39 is 5.97 Å². The molecule has 0 rings (SSSR count). The quantitative estimate of drug-likeness (QED) is 0.712. The molecule has 0 fully saturated rings. The first kappa shape index (κ1) is 16.8. The molecule has 0 heterocycles. The molecule has 0 aliphatic carbocycles. The van der Waals surface area contributed by atoms with Crippen LogP contribution in [0.3, 0.4) is 0 Å². The van der Waals surface area contributed by atoms with Crippen molar-refractivity contribution in [2.45, 2.75) is 53.4 Å². The lowest BCUT2D eigenvalue weighted by Gasteiger charge is -2.16. The van der Waals surface area contributed by atoms with Gasteiger partial charge in [-0.3, -0.25) is 9.69 Å². The Balaban J connectivity index is 0. The Kier molecular flexibility index (Phi) is 15.1. The molecule has 0 amide bonds. The third kappa shape index (κ3) is 16.1. The number of unbranched alkanes of at least 4 members (excludes halogenated alkanes) is 2. The average molecular weight is 217 g/mol. The zero-order valence-corrected chi connectivity index (χ0v) is 10.8. The molecule has 0 radical (unpaired) electrons. The summed E-state index contributed by atoms with van der Waals surface area (Å²) >= 11 is 0. The minimum absolute atomic E-state index is 0.177. The summed E-state index contributed by atoms with van der Waals surface area (Å²) in [6.07, 6.45) is 4.84. The summed E-state index contributed by atoms with van der Waals surface area (Å²) in [7, 11) is 0. The fraction of sp³-hybridized carbons (Fsp3) is 0.917. The van der Waals surface area contributed by atoms with Gasteiger partial charge in [-0.25, -0.2) is 0 Å². The lowest BCUT2D eigenvalue weighted by atomic mass is 10.3. The van der Waals surface area contributed by atoms with Gasteiger partial charge in [-0.15, -0.1) is 0 Å². The Morgan fingerprint density at radius 2 is 1.60 bits per heavy atom. The lowest BCUT2D eigenvalue weighted by molar-refractivity contribution is -0.138. The first-order valence-electron chi connectivity index (χ1n) is 6.06. The van der Waals surface area contributed by atoms with Crippen LogP contribution in [0.5, 0.6) is 0 Å². The highest BCUT2D eigenvalue weighted by Gasteiger charge is 2.05. The van der Waals surface area contributed by atoms with Gasteiger partial charge in [-0.2, -0.15) is 0 Å². The molecular formula is C12H27NO2. The van der Waals surface area contributed by atoms with Gasteiger partial charge in [-0.05, 0) is 19.5 Å². The van der Waals surface area contributed by atoms with Gasteiger partial charge in [-0.1, -0.05) is 47.0 Å². The number of carboxylic acids is 1. The van der Waals surface area contributed by atoms with Crippen LogP contribution in [0.25, 0.3) is 0 Å². The first-order chi connectivity index (χ1) is 7.12. The molecule has 3 heteroatoms. The zero-order valence-electron chi connectivity index (χ0n) is 10.8. The molecular weight excluding hydrogens is 190 g/mol. The maximum absolute atomic E-state index is 10.3. The molecule has 0 atom stereocenters. The number of hydrogen-bond donors (Lipinski definition) is 1. The van der Waals surface area contributed by atoms with Crippen molar-refractivity contribution in [3.63, 3.8) is 0 Å². The predicted molar refractivity (Wildman–Crippen MR) is 65.2 cm³/mol. The number of aliphatic carboxylic acids is 1. The molecule has 0 aliphatic heterocycles. The molecule has 0 aromatic carbocycles. The van der Waals surface area contributed by atoms with Crippen LogP contribution in [0, 0.1) is 0 Å². The van der Waals surface area contributed by atoms with Gasteiger partial charge in [0.1, 0.15) is 0 Å². The van der Waals surface area contributed by atoms with Crippen molar-refractivity contribution >= 4 is 5.97 Å². The zero-order chi connectivity index (χ0) is 12.1. The van der Waals surface area contributed by atoms with E-state index in [-0.39, 0.29) is 6.54 Å². The molecule has 0 spiro atoms. The number of likely N-dealkylation sites (N-methyl/N-ethyl adjacent to an activating group) is 1. The van der Waals surface area contributed by atoms with Crippen molar-refractivity contribution in [3.05, 3.63) is 0 Å². The Hall–Kier alpha value is -0.570. The first-order valence-corrected chi connectivity index (χ1v) is 6.06. The second kappa shape index (κ2) is 13.4. The summed E-state index contributed by atoms with van der Waals surface area (Å²) in [6.45, 7) is 10.4. The van der Waals surface area contributed by atoms with Crippen molar-refractivity contribution in [1.82, 2.24) is 4.90 Å². The molecule has 0 unspecified atom stereocenters. The topological polar surface area (TPSA) is 40.5 Å². The van der Waals surface area contributed by atoms with Crippen molar-refractivity contribution in [2.24, 2.45) is 0 Å². The van der Waals surface area contributed by atoms with E-state index >= 15 is 0 Å². The van der Waals surface area contributed by atoms with Crippen LogP contribution in [0.1, 0.15) is 53.4 Å². The summed E-state index contributed by atoms with van der Waals surface area (Å²) in [5.41, 5.74) is 0. The van der Waals surface area contributed by atoms with E-state index in [1.165, 1.54) is 12.8 Å². The Morgan fingerprint density at radius 3 is 1.87 bits per heavy atom. The van der Waals surface area contributed by atoms with Crippen molar-refractivity contribution in [1.29, 1.82) is 0 Å². The lowest BCUT2D eigenvalue weighted by Crippen LogP contribution is -2.30. The molecule has 15 heavy (non-hydrogen) atoms. The van der Waals surface area contributed by atoms with Gasteiger partial charge in [0.15, 0.2) is 0 Å². The van der Waals surface area contributed by atoms with Gasteiger partial charge in [0, 0.05) is 0 Å². The number of nitrogens with zero attached hydrogens (tertiary/aromatic N) is 1. The molecule has 3 nitrogen and oxygen atoms in total. The van der Waals surface area contributed by atoms with Gasteiger partial charge in [0.25, 0.3) is 0 Å². The maximum Gasteiger partial charge on any atom is 0.317 e. The minimum Gasteiger partial charge on any atom is -0.480 e. The standard InChI is InChI=1S/C8H17NO2.C4H10/c1-3-5-6-9(4-2)7-8(10)11;1-3-4-2/h3-7H2,1-2H3,(H,10,11);3-4H2,1-2H3. The number of carbonyl (C=O) groups is 1. The second-order valence-corrected chi connectivity index (χ2v) is 3.62. The molecule has 0 saturated heterocycles. The third-order valence-electron chi connectivity index (χ3n) is 2.13. The van der Waals surface area contributed by atoms with E-state index in [1.807, 2.05) is 11.8 Å². The average Bonchev–Trinajstić information content (AvgIpc) is 2.24. The largest absolute Gasteiger partial charge is 0.480 e. The molecule has 0 aliphatic rings. The van der Waals surface area contributed by atoms with Gasteiger partial charge in [0.05, 0.1) is 6.54 Å². The summed E-state index contributed by atoms with van der Waals surface area (Å²) < 4.78 is 0. The Bertz CT molecular complexity index is 136. The molecule has 92 valence electrons. The van der Waals surface area contributed by atoms with Crippen molar-refractivity contribution in [2.75, 3.05) is 19.6 Å². The van der Waals surface area contributed by atoms with E-state index in [0.717, 1.165) is 25.9 Å². The minimum atomic E-state index is -0.733. The number of hydrogen-bond acceptors (Lipinski definition) is 2. The molecule has 0 saturated carbocycles. The van der Waals surface area contributed by atoms with Crippen LogP contribution in [0.4, 0.5) is 0 Å². The number of carboxylic acid groups (broad SMARTS) is 1. The Morgan fingerprint density at radius 1 is 1.07 bits per heavy atom. The van der Waals surface area contributed by atoms with E-state index in [2.05, 4.69) is 20.8 Å². The van der Waals surface area contributed by atoms with Gasteiger partial charge >= 0.3 is 5.97 Å².